The second-order valence-electron chi connectivity index (χ2n) is 5.47. The first kappa shape index (κ1) is 14.1. The van der Waals surface area contributed by atoms with Crippen molar-refractivity contribution in [3.05, 3.63) is 35.9 Å². The molecule has 0 spiro atoms. The van der Waals surface area contributed by atoms with Gasteiger partial charge in [-0.05, 0) is 44.1 Å². The summed E-state index contributed by atoms with van der Waals surface area (Å²) in [4.78, 5) is 14.1. The van der Waals surface area contributed by atoms with E-state index < -0.39 is 0 Å². The molecule has 1 unspecified atom stereocenters. The first-order valence-corrected chi connectivity index (χ1v) is 7.23. The van der Waals surface area contributed by atoms with Crippen LogP contribution in [0.25, 0.3) is 0 Å². The Hall–Kier alpha value is -1.35. The fraction of sp³-hybridized carbons (Fsp3) is 0.562. The van der Waals surface area contributed by atoms with Gasteiger partial charge in [0.15, 0.2) is 0 Å². The van der Waals surface area contributed by atoms with Crippen LogP contribution in [0.15, 0.2) is 30.3 Å². The van der Waals surface area contributed by atoms with E-state index >= 15 is 0 Å². The molecule has 3 heteroatoms. The minimum absolute atomic E-state index is 0.0900. The maximum Gasteiger partial charge on any atom is 0.239 e. The lowest BCUT2D eigenvalue weighted by Gasteiger charge is -2.26. The summed E-state index contributed by atoms with van der Waals surface area (Å²) in [6, 6.07) is 10.1. The lowest BCUT2D eigenvalue weighted by molar-refractivity contribution is -0.132. The van der Waals surface area contributed by atoms with Gasteiger partial charge in [0, 0.05) is 13.1 Å². The van der Waals surface area contributed by atoms with Crippen molar-refractivity contribution in [3.63, 3.8) is 0 Å². The number of nitrogens with zero attached hydrogens (tertiary/aromatic N) is 1. The standard InChI is InChI=1S/C16H24N2O/c1-3-18(4-2)15(19)14(17)12-16(10-11-16)13-8-6-5-7-9-13/h5-9,14H,3-4,10-12,17H2,1-2H3. The van der Waals surface area contributed by atoms with E-state index in [9.17, 15) is 4.79 Å². The number of hydrogen-bond acceptors (Lipinski definition) is 2. The van der Waals surface area contributed by atoms with E-state index in [1.54, 1.807) is 0 Å². The van der Waals surface area contributed by atoms with E-state index in [-0.39, 0.29) is 17.4 Å². The van der Waals surface area contributed by atoms with Crippen molar-refractivity contribution in [2.24, 2.45) is 5.73 Å². The zero-order valence-electron chi connectivity index (χ0n) is 11.9. The van der Waals surface area contributed by atoms with Crippen molar-refractivity contribution in [1.82, 2.24) is 4.90 Å². The van der Waals surface area contributed by atoms with Crippen LogP contribution in [0.5, 0.6) is 0 Å². The molecule has 1 aromatic carbocycles. The molecule has 1 aromatic rings. The molecular weight excluding hydrogens is 236 g/mol. The minimum atomic E-state index is -0.373. The predicted octanol–water partition coefficient (Wildman–Crippen LogP) is 2.30. The Morgan fingerprint density at radius 1 is 1.26 bits per heavy atom. The summed E-state index contributed by atoms with van der Waals surface area (Å²) in [7, 11) is 0. The van der Waals surface area contributed by atoms with Gasteiger partial charge in [-0.15, -0.1) is 0 Å². The molecule has 2 rings (SSSR count). The van der Waals surface area contributed by atoms with Gasteiger partial charge in [0.2, 0.25) is 5.91 Å². The average Bonchev–Trinajstić information content (AvgIpc) is 3.22. The van der Waals surface area contributed by atoms with Gasteiger partial charge in [-0.1, -0.05) is 30.3 Å². The monoisotopic (exact) mass is 260 g/mol. The Bertz CT molecular complexity index is 422. The Kier molecular flexibility index (Phi) is 4.25. The van der Waals surface area contributed by atoms with Crippen LogP contribution in [0.3, 0.4) is 0 Å². The van der Waals surface area contributed by atoms with E-state index in [0.29, 0.717) is 0 Å². The Morgan fingerprint density at radius 3 is 2.32 bits per heavy atom. The highest BCUT2D eigenvalue weighted by atomic mass is 16.2. The lowest BCUT2D eigenvalue weighted by atomic mass is 9.89. The van der Waals surface area contributed by atoms with E-state index in [4.69, 9.17) is 5.73 Å². The van der Waals surface area contributed by atoms with Crippen LogP contribution in [0.4, 0.5) is 0 Å². The first-order chi connectivity index (χ1) is 9.13. The highest BCUT2D eigenvalue weighted by Crippen LogP contribution is 2.51. The number of benzene rings is 1. The molecule has 0 aliphatic heterocycles. The Labute approximate surface area is 115 Å². The maximum absolute atomic E-state index is 12.2. The molecule has 1 saturated carbocycles. The van der Waals surface area contributed by atoms with Crippen LogP contribution >= 0.6 is 0 Å². The van der Waals surface area contributed by atoms with Crippen molar-refractivity contribution in [3.8, 4) is 0 Å². The summed E-state index contributed by atoms with van der Waals surface area (Å²) < 4.78 is 0. The average molecular weight is 260 g/mol. The normalized spacial score (nSPS) is 17.8. The number of nitrogens with two attached hydrogens (primary N) is 1. The van der Waals surface area contributed by atoms with Crippen molar-refractivity contribution >= 4 is 5.91 Å². The second kappa shape index (κ2) is 5.74. The minimum Gasteiger partial charge on any atom is -0.342 e. The number of hydrogen-bond donors (Lipinski definition) is 1. The number of rotatable bonds is 6. The molecule has 0 radical (unpaired) electrons. The fourth-order valence-electron chi connectivity index (χ4n) is 2.83. The van der Waals surface area contributed by atoms with E-state index in [1.165, 1.54) is 5.56 Å². The molecule has 19 heavy (non-hydrogen) atoms. The second-order valence-corrected chi connectivity index (χ2v) is 5.47. The van der Waals surface area contributed by atoms with Crippen LogP contribution in [0.2, 0.25) is 0 Å². The third kappa shape index (κ3) is 2.98. The molecule has 3 nitrogen and oxygen atoms in total. The van der Waals surface area contributed by atoms with Crippen molar-refractivity contribution in [2.75, 3.05) is 13.1 Å². The van der Waals surface area contributed by atoms with Gasteiger partial charge in [-0.25, -0.2) is 0 Å². The molecule has 1 aliphatic rings. The molecule has 104 valence electrons. The van der Waals surface area contributed by atoms with Gasteiger partial charge in [-0.3, -0.25) is 4.79 Å². The van der Waals surface area contributed by atoms with Gasteiger partial charge in [0.1, 0.15) is 0 Å². The van der Waals surface area contributed by atoms with Crippen LogP contribution in [0, 0.1) is 0 Å². The predicted molar refractivity (Wildman–Crippen MR) is 77.9 cm³/mol. The molecule has 0 saturated heterocycles. The SMILES string of the molecule is CCN(CC)C(=O)C(N)CC1(c2ccccc2)CC1. The topological polar surface area (TPSA) is 46.3 Å². The smallest absolute Gasteiger partial charge is 0.239 e. The van der Waals surface area contributed by atoms with Crippen LogP contribution in [0.1, 0.15) is 38.7 Å². The summed E-state index contributed by atoms with van der Waals surface area (Å²) in [5.41, 5.74) is 7.63. The molecule has 0 bridgehead atoms. The molecule has 1 atom stereocenters. The molecule has 1 aliphatic carbocycles. The summed E-state index contributed by atoms with van der Waals surface area (Å²) in [5, 5.41) is 0. The van der Waals surface area contributed by atoms with Crippen LogP contribution < -0.4 is 5.73 Å². The number of amides is 1. The summed E-state index contributed by atoms with van der Waals surface area (Å²) in [5.74, 6) is 0.0900. The molecule has 0 aromatic heterocycles. The maximum atomic E-state index is 12.2. The van der Waals surface area contributed by atoms with E-state index in [1.807, 2.05) is 24.8 Å². The largest absolute Gasteiger partial charge is 0.342 e. The number of likely N-dealkylation sites (N-methyl/N-ethyl adjacent to an activating group) is 1. The molecule has 0 heterocycles. The number of carbonyl (C=O) groups is 1. The van der Waals surface area contributed by atoms with Gasteiger partial charge in [0.05, 0.1) is 6.04 Å². The summed E-state index contributed by atoms with van der Waals surface area (Å²) in [6.07, 6.45) is 3.07. The third-order valence-corrected chi connectivity index (χ3v) is 4.24. The zero-order valence-corrected chi connectivity index (χ0v) is 11.9. The van der Waals surface area contributed by atoms with Gasteiger partial charge >= 0.3 is 0 Å². The van der Waals surface area contributed by atoms with Crippen molar-refractivity contribution < 1.29 is 4.79 Å². The summed E-state index contributed by atoms with van der Waals surface area (Å²) in [6.45, 7) is 5.47. The molecule has 2 N–H and O–H groups in total. The molecule has 1 fully saturated rings. The van der Waals surface area contributed by atoms with Crippen LogP contribution in [-0.2, 0) is 10.2 Å². The molecular formula is C16H24N2O. The lowest BCUT2D eigenvalue weighted by Crippen LogP contribution is -2.45. The van der Waals surface area contributed by atoms with Crippen LogP contribution in [-0.4, -0.2) is 29.9 Å². The van der Waals surface area contributed by atoms with Crippen molar-refractivity contribution in [2.45, 2.75) is 44.6 Å². The highest BCUT2D eigenvalue weighted by Gasteiger charge is 2.46. The third-order valence-electron chi connectivity index (χ3n) is 4.24. The number of carbonyl (C=O) groups excluding carboxylic acids is 1. The van der Waals surface area contributed by atoms with Gasteiger partial charge in [-0.2, -0.15) is 0 Å². The first-order valence-electron chi connectivity index (χ1n) is 7.23. The fourth-order valence-corrected chi connectivity index (χ4v) is 2.83. The van der Waals surface area contributed by atoms with E-state index in [0.717, 1.165) is 32.4 Å². The zero-order chi connectivity index (χ0) is 13.9. The quantitative estimate of drug-likeness (QED) is 0.853. The van der Waals surface area contributed by atoms with Gasteiger partial charge in [0.25, 0.3) is 0 Å². The van der Waals surface area contributed by atoms with E-state index in [2.05, 4.69) is 24.3 Å². The molecule has 1 amide bonds. The highest BCUT2D eigenvalue weighted by molar-refractivity contribution is 5.81. The van der Waals surface area contributed by atoms with Gasteiger partial charge < -0.3 is 10.6 Å². The Morgan fingerprint density at radius 2 is 1.84 bits per heavy atom. The van der Waals surface area contributed by atoms with Crippen molar-refractivity contribution in [1.29, 1.82) is 0 Å². The summed E-state index contributed by atoms with van der Waals surface area (Å²) >= 11 is 0. The Balaban J connectivity index is 2.03.